The number of benzene rings is 1. The molecule has 3 aromatic rings. The third kappa shape index (κ3) is 3.51. The lowest BCUT2D eigenvalue weighted by Crippen LogP contribution is -2.40. The Labute approximate surface area is 148 Å². The summed E-state index contributed by atoms with van der Waals surface area (Å²) in [6.07, 6.45) is 5.23. The third-order valence-corrected chi connectivity index (χ3v) is 4.79. The molecule has 1 aliphatic heterocycles. The van der Waals surface area contributed by atoms with Crippen LogP contribution in [0.25, 0.3) is 5.65 Å². The fraction of sp³-hybridized carbons (Fsp3) is 0.400. The minimum absolute atomic E-state index is 0.248. The zero-order chi connectivity index (χ0) is 17.1. The highest BCUT2D eigenvalue weighted by molar-refractivity contribution is 5.51. The van der Waals surface area contributed by atoms with Crippen LogP contribution in [0.5, 0.6) is 0 Å². The van der Waals surface area contributed by atoms with Crippen molar-refractivity contribution in [2.45, 2.75) is 38.9 Å². The van der Waals surface area contributed by atoms with E-state index in [4.69, 9.17) is 4.74 Å². The SMILES string of the molecule is CCc1cc(N2CCC[C@H](OCc3ccccc3)C2)n2nccc2n1. The number of hydrogen-bond acceptors (Lipinski definition) is 4. The molecule has 3 heterocycles. The van der Waals surface area contributed by atoms with Crippen molar-refractivity contribution in [2.24, 2.45) is 0 Å². The zero-order valence-electron chi connectivity index (χ0n) is 14.6. The molecule has 5 nitrogen and oxygen atoms in total. The van der Waals surface area contributed by atoms with Crippen LogP contribution in [0.15, 0.2) is 48.7 Å². The van der Waals surface area contributed by atoms with Gasteiger partial charge in [-0.2, -0.15) is 9.61 Å². The monoisotopic (exact) mass is 336 g/mol. The van der Waals surface area contributed by atoms with Crippen LogP contribution in [0.3, 0.4) is 0 Å². The van der Waals surface area contributed by atoms with Crippen LogP contribution in [0.2, 0.25) is 0 Å². The summed E-state index contributed by atoms with van der Waals surface area (Å²) in [6, 6.07) is 14.5. The molecule has 0 N–H and O–H groups in total. The average Bonchev–Trinajstić information content (AvgIpc) is 3.15. The molecule has 4 rings (SSSR count). The molecule has 0 amide bonds. The highest BCUT2D eigenvalue weighted by Crippen LogP contribution is 2.23. The van der Waals surface area contributed by atoms with Crippen molar-refractivity contribution in [3.8, 4) is 0 Å². The van der Waals surface area contributed by atoms with E-state index in [0.717, 1.165) is 49.5 Å². The van der Waals surface area contributed by atoms with Crippen molar-refractivity contribution in [1.29, 1.82) is 0 Å². The fourth-order valence-corrected chi connectivity index (χ4v) is 3.42. The maximum atomic E-state index is 6.18. The van der Waals surface area contributed by atoms with E-state index in [9.17, 15) is 0 Å². The molecule has 0 saturated carbocycles. The fourth-order valence-electron chi connectivity index (χ4n) is 3.42. The summed E-state index contributed by atoms with van der Waals surface area (Å²) in [5.74, 6) is 1.12. The van der Waals surface area contributed by atoms with E-state index in [-0.39, 0.29) is 6.10 Å². The van der Waals surface area contributed by atoms with Gasteiger partial charge in [-0.3, -0.25) is 0 Å². The summed E-state index contributed by atoms with van der Waals surface area (Å²) in [6.45, 7) is 4.75. The van der Waals surface area contributed by atoms with E-state index in [0.29, 0.717) is 6.61 Å². The quantitative estimate of drug-likeness (QED) is 0.715. The molecule has 1 aromatic carbocycles. The molecule has 25 heavy (non-hydrogen) atoms. The summed E-state index contributed by atoms with van der Waals surface area (Å²) < 4.78 is 8.13. The minimum Gasteiger partial charge on any atom is -0.372 e. The molecule has 1 aliphatic rings. The number of rotatable bonds is 5. The molecule has 1 saturated heterocycles. The van der Waals surface area contributed by atoms with Gasteiger partial charge in [0.25, 0.3) is 0 Å². The van der Waals surface area contributed by atoms with E-state index in [1.165, 1.54) is 5.56 Å². The summed E-state index contributed by atoms with van der Waals surface area (Å²) in [5.41, 5.74) is 3.25. The molecular formula is C20H24N4O. The Morgan fingerprint density at radius 3 is 2.92 bits per heavy atom. The van der Waals surface area contributed by atoms with Gasteiger partial charge >= 0.3 is 0 Å². The van der Waals surface area contributed by atoms with Crippen molar-refractivity contribution >= 4 is 11.5 Å². The Morgan fingerprint density at radius 1 is 1.20 bits per heavy atom. The molecule has 0 aliphatic carbocycles. The smallest absolute Gasteiger partial charge is 0.157 e. The summed E-state index contributed by atoms with van der Waals surface area (Å²) in [7, 11) is 0. The van der Waals surface area contributed by atoms with Gasteiger partial charge in [-0.1, -0.05) is 37.3 Å². The molecule has 0 unspecified atom stereocenters. The first-order valence-corrected chi connectivity index (χ1v) is 9.07. The first-order chi connectivity index (χ1) is 12.3. The second-order valence-corrected chi connectivity index (χ2v) is 6.57. The van der Waals surface area contributed by atoms with Crippen LogP contribution in [0, 0.1) is 0 Å². The van der Waals surface area contributed by atoms with E-state index in [1.54, 1.807) is 0 Å². The third-order valence-electron chi connectivity index (χ3n) is 4.79. The second-order valence-electron chi connectivity index (χ2n) is 6.57. The molecular weight excluding hydrogens is 312 g/mol. The Kier molecular flexibility index (Phi) is 4.65. The molecule has 0 spiro atoms. The highest BCUT2D eigenvalue weighted by Gasteiger charge is 2.23. The van der Waals surface area contributed by atoms with Crippen LogP contribution in [0.1, 0.15) is 31.0 Å². The summed E-state index contributed by atoms with van der Waals surface area (Å²) in [4.78, 5) is 7.04. The standard InChI is InChI=1S/C20H24N4O/c1-2-17-13-20(24-19(22-17)10-11-21-24)23-12-6-9-18(14-23)25-15-16-7-4-3-5-8-16/h3-5,7-8,10-11,13,18H,2,6,9,12,14-15H2,1H3/t18-/m0/s1. The number of nitrogens with zero attached hydrogens (tertiary/aromatic N) is 4. The Morgan fingerprint density at radius 2 is 2.08 bits per heavy atom. The van der Waals surface area contributed by atoms with Gasteiger partial charge < -0.3 is 9.64 Å². The van der Waals surface area contributed by atoms with Gasteiger partial charge in [-0.25, -0.2) is 4.98 Å². The maximum Gasteiger partial charge on any atom is 0.157 e. The van der Waals surface area contributed by atoms with Gasteiger partial charge in [0.15, 0.2) is 5.65 Å². The number of hydrogen-bond donors (Lipinski definition) is 0. The average molecular weight is 336 g/mol. The van der Waals surface area contributed by atoms with Gasteiger partial charge in [-0.15, -0.1) is 0 Å². The van der Waals surface area contributed by atoms with Gasteiger partial charge in [0, 0.05) is 30.9 Å². The summed E-state index contributed by atoms with van der Waals surface area (Å²) >= 11 is 0. The number of piperidine rings is 1. The first-order valence-electron chi connectivity index (χ1n) is 9.07. The molecule has 2 aromatic heterocycles. The maximum absolute atomic E-state index is 6.18. The molecule has 0 radical (unpaired) electrons. The molecule has 130 valence electrons. The van der Waals surface area contributed by atoms with Gasteiger partial charge in [-0.05, 0) is 24.8 Å². The minimum atomic E-state index is 0.248. The lowest BCUT2D eigenvalue weighted by molar-refractivity contribution is 0.0313. The van der Waals surface area contributed by atoms with E-state index >= 15 is 0 Å². The molecule has 1 fully saturated rings. The Hall–Kier alpha value is -2.40. The van der Waals surface area contributed by atoms with E-state index in [1.807, 2.05) is 22.8 Å². The van der Waals surface area contributed by atoms with Crippen LogP contribution < -0.4 is 4.90 Å². The predicted octanol–water partition coefficient (Wildman–Crippen LogP) is 3.48. The lowest BCUT2D eigenvalue weighted by Gasteiger charge is -2.34. The first kappa shape index (κ1) is 16.1. The van der Waals surface area contributed by atoms with E-state index < -0.39 is 0 Å². The number of anilines is 1. The predicted molar refractivity (Wildman–Crippen MR) is 98.8 cm³/mol. The van der Waals surface area contributed by atoms with Crippen molar-refractivity contribution in [2.75, 3.05) is 18.0 Å². The van der Waals surface area contributed by atoms with Crippen molar-refractivity contribution in [3.63, 3.8) is 0 Å². The second kappa shape index (κ2) is 7.23. The van der Waals surface area contributed by atoms with Crippen LogP contribution in [-0.4, -0.2) is 33.8 Å². The van der Waals surface area contributed by atoms with Crippen molar-refractivity contribution in [1.82, 2.24) is 14.6 Å². The Balaban J connectivity index is 1.50. The van der Waals surface area contributed by atoms with Crippen LogP contribution >= 0.6 is 0 Å². The number of aryl methyl sites for hydroxylation is 1. The van der Waals surface area contributed by atoms with Crippen molar-refractivity contribution < 1.29 is 4.74 Å². The summed E-state index contributed by atoms with van der Waals surface area (Å²) in [5, 5.41) is 4.46. The van der Waals surface area contributed by atoms with Crippen LogP contribution in [0.4, 0.5) is 5.82 Å². The lowest BCUT2D eigenvalue weighted by atomic mass is 10.1. The van der Waals surface area contributed by atoms with Crippen LogP contribution in [-0.2, 0) is 17.8 Å². The van der Waals surface area contributed by atoms with E-state index in [2.05, 4.69) is 52.2 Å². The van der Waals surface area contributed by atoms with Gasteiger partial charge in [0.1, 0.15) is 5.82 Å². The van der Waals surface area contributed by atoms with Gasteiger partial charge in [0.2, 0.25) is 0 Å². The van der Waals surface area contributed by atoms with Gasteiger partial charge in [0.05, 0.1) is 18.9 Å². The molecule has 1 atom stereocenters. The van der Waals surface area contributed by atoms with Crippen molar-refractivity contribution in [3.05, 3.63) is 59.9 Å². The number of fused-ring (bicyclic) bond motifs is 1. The molecule has 0 bridgehead atoms. The normalized spacial score (nSPS) is 18.0. The number of aromatic nitrogens is 3. The highest BCUT2D eigenvalue weighted by atomic mass is 16.5. The number of ether oxygens (including phenoxy) is 1. The largest absolute Gasteiger partial charge is 0.372 e. The molecule has 5 heteroatoms. The topological polar surface area (TPSA) is 42.7 Å². The zero-order valence-corrected chi connectivity index (χ0v) is 14.6. The Bertz CT molecular complexity index is 830.